The van der Waals surface area contributed by atoms with Crippen LogP contribution in [0.3, 0.4) is 0 Å². The molecule has 0 amide bonds. The summed E-state index contributed by atoms with van der Waals surface area (Å²) in [7, 11) is 0. The summed E-state index contributed by atoms with van der Waals surface area (Å²) >= 11 is 0. The van der Waals surface area contributed by atoms with Gasteiger partial charge >= 0.3 is 6.36 Å². The third-order valence-corrected chi connectivity index (χ3v) is 6.06. The van der Waals surface area contributed by atoms with Crippen LogP contribution in [-0.2, 0) is 6.54 Å². The normalized spacial score (nSPS) is 14.9. The molecule has 1 fully saturated rings. The van der Waals surface area contributed by atoms with Gasteiger partial charge in [-0.05, 0) is 67.6 Å². The Kier molecular flexibility index (Phi) is 6.33. The van der Waals surface area contributed by atoms with E-state index in [1.807, 2.05) is 19.2 Å². The van der Waals surface area contributed by atoms with Crippen molar-refractivity contribution in [3.8, 4) is 28.9 Å². The smallest absolute Gasteiger partial charge is 0.413 e. The summed E-state index contributed by atoms with van der Waals surface area (Å²) in [6.45, 7) is 6.62. The summed E-state index contributed by atoms with van der Waals surface area (Å²) in [4.78, 5) is 11.3. The number of nitrogens with zero attached hydrogens (tertiary/aromatic N) is 7. The minimum absolute atomic E-state index is 0.111. The number of pyridine rings is 1. The molecule has 0 N–H and O–H groups in total. The molecule has 3 aromatic heterocycles. The molecule has 5 rings (SSSR count). The topological polar surface area (TPSA) is 95.0 Å². The third kappa shape index (κ3) is 5.47. The van der Waals surface area contributed by atoms with Gasteiger partial charge in [0.05, 0.1) is 6.54 Å². The zero-order valence-electron chi connectivity index (χ0n) is 19.7. The van der Waals surface area contributed by atoms with Crippen molar-refractivity contribution in [2.75, 3.05) is 18.0 Å². The number of piperidine rings is 1. The van der Waals surface area contributed by atoms with E-state index in [2.05, 4.69) is 47.9 Å². The molecule has 1 saturated heterocycles. The van der Waals surface area contributed by atoms with Crippen molar-refractivity contribution >= 4 is 5.82 Å². The molecule has 36 heavy (non-hydrogen) atoms. The minimum atomic E-state index is -4.76. The molecule has 1 aliphatic rings. The third-order valence-electron chi connectivity index (χ3n) is 6.06. The second-order valence-electron chi connectivity index (χ2n) is 8.82. The van der Waals surface area contributed by atoms with Gasteiger partial charge in [0.15, 0.2) is 0 Å². The van der Waals surface area contributed by atoms with E-state index in [4.69, 9.17) is 4.42 Å². The van der Waals surface area contributed by atoms with Crippen molar-refractivity contribution in [1.29, 1.82) is 0 Å². The summed E-state index contributed by atoms with van der Waals surface area (Å²) in [6, 6.07) is 9.19. The number of aromatic nitrogens is 6. The van der Waals surface area contributed by atoms with Crippen molar-refractivity contribution in [2.24, 2.45) is 5.92 Å². The average Bonchev–Trinajstić information content (AvgIpc) is 3.47. The lowest BCUT2D eigenvalue weighted by atomic mass is 9.99. The van der Waals surface area contributed by atoms with Gasteiger partial charge in [-0.2, -0.15) is 0 Å². The standard InChI is InChI=1S/C24H24F3N7O2/c1-15-8-11-33(12-9-15)20-13-17(7-10-28-20)14-34-16(2)29-21(32-34)23-31-30-22(35-23)18-3-5-19(6-4-18)36-24(25,26)27/h3-7,10,13,15H,8-9,11-12,14H2,1-2H3. The predicted molar refractivity (Wildman–Crippen MR) is 124 cm³/mol. The van der Waals surface area contributed by atoms with Crippen molar-refractivity contribution in [2.45, 2.75) is 39.6 Å². The Labute approximate surface area is 204 Å². The van der Waals surface area contributed by atoms with Gasteiger partial charge in [0.1, 0.15) is 17.4 Å². The zero-order valence-corrected chi connectivity index (χ0v) is 19.7. The van der Waals surface area contributed by atoms with Gasteiger partial charge in [0.2, 0.25) is 11.7 Å². The molecule has 9 nitrogen and oxygen atoms in total. The second kappa shape index (κ2) is 9.59. The second-order valence-corrected chi connectivity index (χ2v) is 8.82. The fourth-order valence-electron chi connectivity index (χ4n) is 4.03. The van der Waals surface area contributed by atoms with Crippen molar-refractivity contribution in [3.63, 3.8) is 0 Å². The van der Waals surface area contributed by atoms with Gasteiger partial charge in [-0.15, -0.1) is 28.5 Å². The van der Waals surface area contributed by atoms with Crippen LogP contribution < -0.4 is 9.64 Å². The fraction of sp³-hybridized carbons (Fsp3) is 0.375. The maximum atomic E-state index is 12.4. The Bertz CT molecular complexity index is 1330. The number of benzene rings is 1. The van der Waals surface area contributed by atoms with Gasteiger partial charge in [-0.1, -0.05) is 6.92 Å². The molecule has 0 aliphatic carbocycles. The van der Waals surface area contributed by atoms with Crippen LogP contribution in [0.1, 0.15) is 31.2 Å². The zero-order chi connectivity index (χ0) is 25.3. The van der Waals surface area contributed by atoms with E-state index in [1.165, 1.54) is 24.3 Å². The molecule has 4 heterocycles. The van der Waals surface area contributed by atoms with E-state index in [1.54, 1.807) is 4.68 Å². The molecule has 0 atom stereocenters. The van der Waals surface area contributed by atoms with Crippen molar-refractivity contribution < 1.29 is 22.3 Å². The van der Waals surface area contributed by atoms with Crippen LogP contribution in [0.2, 0.25) is 0 Å². The van der Waals surface area contributed by atoms with Gasteiger partial charge < -0.3 is 14.1 Å². The summed E-state index contributed by atoms with van der Waals surface area (Å²) in [5, 5.41) is 12.5. The summed E-state index contributed by atoms with van der Waals surface area (Å²) < 4.78 is 48.4. The number of hydrogen-bond acceptors (Lipinski definition) is 8. The molecule has 0 saturated carbocycles. The highest BCUT2D eigenvalue weighted by atomic mass is 19.4. The van der Waals surface area contributed by atoms with Crippen LogP contribution in [0.15, 0.2) is 47.0 Å². The molecule has 0 radical (unpaired) electrons. The minimum Gasteiger partial charge on any atom is -0.413 e. The maximum absolute atomic E-state index is 12.4. The fourth-order valence-corrected chi connectivity index (χ4v) is 4.03. The van der Waals surface area contributed by atoms with Crippen LogP contribution in [0.25, 0.3) is 23.2 Å². The van der Waals surface area contributed by atoms with Crippen LogP contribution >= 0.6 is 0 Å². The number of halogens is 3. The Morgan fingerprint density at radius 3 is 2.50 bits per heavy atom. The average molecular weight is 499 g/mol. The number of ether oxygens (including phenoxy) is 1. The summed E-state index contributed by atoms with van der Waals surface area (Å²) in [5.74, 6) is 2.55. The number of alkyl halides is 3. The largest absolute Gasteiger partial charge is 0.573 e. The maximum Gasteiger partial charge on any atom is 0.573 e. The predicted octanol–water partition coefficient (Wildman–Crippen LogP) is 4.88. The molecular weight excluding hydrogens is 475 g/mol. The molecule has 0 spiro atoms. The Hall–Kier alpha value is -3.96. The van der Waals surface area contributed by atoms with E-state index in [0.29, 0.717) is 17.9 Å². The lowest BCUT2D eigenvalue weighted by Gasteiger charge is -2.31. The van der Waals surface area contributed by atoms with Gasteiger partial charge in [0, 0.05) is 24.8 Å². The summed E-state index contributed by atoms with van der Waals surface area (Å²) in [5.41, 5.74) is 1.49. The van der Waals surface area contributed by atoms with Crippen LogP contribution in [0.4, 0.5) is 19.0 Å². The van der Waals surface area contributed by atoms with Crippen molar-refractivity contribution in [1.82, 2.24) is 29.9 Å². The first-order chi connectivity index (χ1) is 17.2. The van der Waals surface area contributed by atoms with E-state index >= 15 is 0 Å². The quantitative estimate of drug-likeness (QED) is 0.370. The number of hydrogen-bond donors (Lipinski definition) is 0. The number of rotatable bonds is 6. The van der Waals surface area contributed by atoms with Gasteiger partial charge in [0.25, 0.3) is 5.89 Å². The first-order valence-corrected chi connectivity index (χ1v) is 11.5. The number of anilines is 1. The molecule has 4 aromatic rings. The molecule has 188 valence electrons. The molecule has 0 bridgehead atoms. The highest BCUT2D eigenvalue weighted by molar-refractivity contribution is 5.55. The lowest BCUT2D eigenvalue weighted by molar-refractivity contribution is -0.274. The summed E-state index contributed by atoms with van der Waals surface area (Å²) in [6.07, 6.45) is -0.624. The Morgan fingerprint density at radius 1 is 1.06 bits per heavy atom. The van der Waals surface area contributed by atoms with Crippen LogP contribution in [0.5, 0.6) is 5.75 Å². The molecular formula is C24H24F3N7O2. The Balaban J connectivity index is 1.29. The van der Waals surface area contributed by atoms with Gasteiger partial charge in [-0.25, -0.2) is 14.6 Å². The van der Waals surface area contributed by atoms with Crippen LogP contribution in [0, 0.1) is 12.8 Å². The first kappa shape index (κ1) is 23.8. The monoisotopic (exact) mass is 499 g/mol. The highest BCUT2D eigenvalue weighted by Gasteiger charge is 2.31. The van der Waals surface area contributed by atoms with Crippen molar-refractivity contribution in [3.05, 3.63) is 54.0 Å². The number of aryl methyl sites for hydroxylation is 1. The molecule has 12 heteroatoms. The SMILES string of the molecule is Cc1nc(-c2nnc(-c3ccc(OC(F)(F)F)cc3)o2)nn1Cc1ccnc(N2CCC(C)CC2)c1. The molecule has 0 unspecified atom stereocenters. The Morgan fingerprint density at radius 2 is 1.78 bits per heavy atom. The first-order valence-electron chi connectivity index (χ1n) is 11.5. The molecule has 1 aromatic carbocycles. The highest BCUT2D eigenvalue weighted by Crippen LogP contribution is 2.27. The van der Waals surface area contributed by atoms with Gasteiger partial charge in [-0.3, -0.25) is 0 Å². The van der Waals surface area contributed by atoms with Crippen LogP contribution in [-0.4, -0.2) is 49.4 Å². The van der Waals surface area contributed by atoms with E-state index < -0.39 is 6.36 Å². The van der Waals surface area contributed by atoms with E-state index in [0.717, 1.165) is 43.2 Å². The molecule has 1 aliphatic heterocycles. The van der Waals surface area contributed by atoms with E-state index in [9.17, 15) is 13.2 Å². The van der Waals surface area contributed by atoms with E-state index in [-0.39, 0.29) is 23.4 Å². The lowest BCUT2D eigenvalue weighted by Crippen LogP contribution is -2.33.